The minimum absolute atomic E-state index is 0.0465. The number of likely N-dealkylation sites (tertiary alicyclic amines) is 1. The average molecular weight is 379 g/mol. The molecule has 0 amide bonds. The first-order chi connectivity index (χ1) is 12.8. The molecule has 146 valence electrons. The number of nitrogens with one attached hydrogen (secondary N) is 1. The van der Waals surface area contributed by atoms with Crippen LogP contribution in [0.2, 0.25) is 0 Å². The molecule has 5 heteroatoms. The van der Waals surface area contributed by atoms with E-state index in [1.165, 1.54) is 54.7 Å². The average Bonchev–Trinajstić information content (AvgIpc) is 2.93. The molecule has 0 spiro atoms. The van der Waals surface area contributed by atoms with Crippen LogP contribution in [0.25, 0.3) is 0 Å². The number of esters is 1. The van der Waals surface area contributed by atoms with E-state index >= 15 is 0 Å². The smallest absolute Gasteiger partial charge is 0.323 e. The first-order valence-corrected chi connectivity index (χ1v) is 11.3. The van der Waals surface area contributed by atoms with Gasteiger partial charge < -0.3 is 10.1 Å². The van der Waals surface area contributed by atoms with E-state index in [9.17, 15) is 4.79 Å². The second kappa shape index (κ2) is 10.4. The van der Waals surface area contributed by atoms with Crippen LogP contribution in [0.4, 0.5) is 0 Å². The molecule has 2 unspecified atom stereocenters. The third-order valence-corrected chi connectivity index (χ3v) is 6.74. The number of piperidine rings is 1. The van der Waals surface area contributed by atoms with E-state index in [1.54, 1.807) is 0 Å². The topological polar surface area (TPSA) is 41.6 Å². The molecule has 0 saturated carbocycles. The van der Waals surface area contributed by atoms with E-state index in [-0.39, 0.29) is 12.0 Å². The predicted octanol–water partition coefficient (Wildman–Crippen LogP) is 3.78. The van der Waals surface area contributed by atoms with E-state index in [0.717, 1.165) is 32.5 Å². The third-order valence-electron chi connectivity index (χ3n) is 5.61. The highest BCUT2D eigenvalue weighted by molar-refractivity contribution is 7.12. The molecule has 3 heterocycles. The summed E-state index contributed by atoms with van der Waals surface area (Å²) in [7, 11) is 0. The van der Waals surface area contributed by atoms with Crippen molar-refractivity contribution in [2.75, 3.05) is 26.2 Å². The molecular formula is C21H34N2O2S. The van der Waals surface area contributed by atoms with Crippen molar-refractivity contribution in [1.29, 1.82) is 0 Å². The van der Waals surface area contributed by atoms with Gasteiger partial charge in [-0.25, -0.2) is 0 Å². The van der Waals surface area contributed by atoms with Crippen LogP contribution in [0.5, 0.6) is 0 Å². The van der Waals surface area contributed by atoms with Gasteiger partial charge in [-0.15, -0.1) is 11.3 Å². The number of thiophene rings is 1. The molecule has 0 bridgehead atoms. The second-order valence-corrected chi connectivity index (χ2v) is 8.89. The van der Waals surface area contributed by atoms with Crippen molar-refractivity contribution >= 4 is 17.3 Å². The summed E-state index contributed by atoms with van der Waals surface area (Å²) in [6, 6.07) is 5.00. The predicted molar refractivity (Wildman–Crippen MR) is 108 cm³/mol. The summed E-state index contributed by atoms with van der Waals surface area (Å²) in [6.45, 7) is 5.56. The maximum absolute atomic E-state index is 12.5. The monoisotopic (exact) mass is 378 g/mol. The SMILES string of the molecule is CCOC(=O)C(Cc1ccc(CC2CCCCCN2)s1)N1CCCCC1. The summed E-state index contributed by atoms with van der Waals surface area (Å²) >= 11 is 1.89. The normalized spacial score (nSPS) is 23.3. The van der Waals surface area contributed by atoms with Crippen molar-refractivity contribution in [3.05, 3.63) is 21.9 Å². The molecule has 2 saturated heterocycles. The van der Waals surface area contributed by atoms with Crippen LogP contribution in [0.1, 0.15) is 61.6 Å². The Kier molecular flexibility index (Phi) is 7.96. The number of carbonyl (C=O) groups is 1. The first kappa shape index (κ1) is 19.8. The highest BCUT2D eigenvalue weighted by Gasteiger charge is 2.29. The van der Waals surface area contributed by atoms with Crippen LogP contribution in [-0.2, 0) is 22.4 Å². The maximum atomic E-state index is 12.5. The van der Waals surface area contributed by atoms with Crippen LogP contribution in [-0.4, -0.2) is 49.2 Å². The lowest BCUT2D eigenvalue weighted by atomic mass is 10.1. The summed E-state index contributed by atoms with van der Waals surface area (Å²) in [5.74, 6) is -0.0465. The zero-order valence-electron chi connectivity index (χ0n) is 16.2. The molecule has 2 atom stereocenters. The Morgan fingerprint density at radius 2 is 1.96 bits per heavy atom. The minimum atomic E-state index is -0.113. The van der Waals surface area contributed by atoms with Gasteiger partial charge in [0.05, 0.1) is 6.61 Å². The summed E-state index contributed by atoms with van der Waals surface area (Å²) in [5.41, 5.74) is 0. The van der Waals surface area contributed by atoms with Gasteiger partial charge in [0.15, 0.2) is 0 Å². The lowest BCUT2D eigenvalue weighted by Crippen LogP contribution is -2.46. The van der Waals surface area contributed by atoms with Gasteiger partial charge in [0.25, 0.3) is 0 Å². The number of hydrogen-bond acceptors (Lipinski definition) is 5. The summed E-state index contributed by atoms with van der Waals surface area (Å²) in [4.78, 5) is 17.6. The van der Waals surface area contributed by atoms with Gasteiger partial charge in [-0.05, 0) is 70.8 Å². The van der Waals surface area contributed by atoms with Crippen molar-refractivity contribution in [3.8, 4) is 0 Å². The third kappa shape index (κ3) is 5.80. The lowest BCUT2D eigenvalue weighted by molar-refractivity contribution is -0.149. The molecule has 0 radical (unpaired) electrons. The van der Waals surface area contributed by atoms with Crippen LogP contribution in [0.15, 0.2) is 12.1 Å². The fourth-order valence-electron chi connectivity index (χ4n) is 4.18. The van der Waals surface area contributed by atoms with Crippen molar-refractivity contribution in [2.45, 2.75) is 76.8 Å². The van der Waals surface area contributed by atoms with Crippen LogP contribution >= 0.6 is 11.3 Å². The molecule has 2 aliphatic heterocycles. The number of hydrogen-bond donors (Lipinski definition) is 1. The summed E-state index contributed by atoms with van der Waals surface area (Å²) < 4.78 is 5.39. The second-order valence-electron chi connectivity index (χ2n) is 7.64. The molecule has 1 N–H and O–H groups in total. The Morgan fingerprint density at radius 1 is 1.19 bits per heavy atom. The summed E-state index contributed by atoms with van der Waals surface area (Å²) in [5, 5.41) is 3.69. The fourth-order valence-corrected chi connectivity index (χ4v) is 5.31. The Hall–Kier alpha value is -0.910. The van der Waals surface area contributed by atoms with Crippen LogP contribution < -0.4 is 5.32 Å². The van der Waals surface area contributed by atoms with Gasteiger partial charge in [0, 0.05) is 22.2 Å². The molecule has 0 aliphatic carbocycles. The molecule has 0 aromatic carbocycles. The van der Waals surface area contributed by atoms with Gasteiger partial charge in [-0.2, -0.15) is 0 Å². The van der Waals surface area contributed by atoms with Crippen LogP contribution in [0.3, 0.4) is 0 Å². The first-order valence-electron chi connectivity index (χ1n) is 10.5. The Morgan fingerprint density at radius 3 is 2.77 bits per heavy atom. The fraction of sp³-hybridized carbons (Fsp3) is 0.762. The maximum Gasteiger partial charge on any atom is 0.323 e. The van der Waals surface area contributed by atoms with E-state index in [2.05, 4.69) is 22.3 Å². The zero-order valence-corrected chi connectivity index (χ0v) is 17.0. The van der Waals surface area contributed by atoms with Gasteiger partial charge in [-0.1, -0.05) is 19.3 Å². The number of carbonyl (C=O) groups excluding carboxylic acids is 1. The largest absolute Gasteiger partial charge is 0.465 e. The number of ether oxygens (including phenoxy) is 1. The van der Waals surface area contributed by atoms with Crippen molar-refractivity contribution in [2.24, 2.45) is 0 Å². The van der Waals surface area contributed by atoms with Crippen LogP contribution in [0, 0.1) is 0 Å². The van der Waals surface area contributed by atoms with E-state index in [1.807, 2.05) is 18.3 Å². The Labute approximate surface area is 162 Å². The highest BCUT2D eigenvalue weighted by Crippen LogP contribution is 2.24. The molecule has 3 rings (SSSR count). The van der Waals surface area contributed by atoms with Gasteiger partial charge in [-0.3, -0.25) is 9.69 Å². The van der Waals surface area contributed by atoms with Crippen molar-refractivity contribution in [1.82, 2.24) is 10.2 Å². The molecule has 1 aromatic rings. The lowest BCUT2D eigenvalue weighted by Gasteiger charge is -2.32. The molecule has 4 nitrogen and oxygen atoms in total. The van der Waals surface area contributed by atoms with E-state index in [4.69, 9.17) is 4.74 Å². The Balaban J connectivity index is 1.61. The Bertz CT molecular complexity index is 546. The van der Waals surface area contributed by atoms with E-state index in [0.29, 0.717) is 12.6 Å². The highest BCUT2D eigenvalue weighted by atomic mass is 32.1. The summed E-state index contributed by atoms with van der Waals surface area (Å²) in [6.07, 6.45) is 10.9. The standard InChI is InChI=1S/C21H34N2O2S/c1-2-25-21(24)20(23-13-7-4-8-14-23)16-19-11-10-18(26-19)15-17-9-5-3-6-12-22-17/h10-11,17,20,22H,2-9,12-16H2,1H3. The van der Waals surface area contributed by atoms with Gasteiger partial charge >= 0.3 is 5.97 Å². The molecular weight excluding hydrogens is 344 g/mol. The van der Waals surface area contributed by atoms with Gasteiger partial charge in [0.1, 0.15) is 6.04 Å². The van der Waals surface area contributed by atoms with Gasteiger partial charge in [0.2, 0.25) is 0 Å². The molecule has 2 aliphatic rings. The van der Waals surface area contributed by atoms with Crippen molar-refractivity contribution < 1.29 is 9.53 Å². The molecule has 2 fully saturated rings. The number of nitrogens with zero attached hydrogens (tertiary/aromatic N) is 1. The van der Waals surface area contributed by atoms with Crippen molar-refractivity contribution in [3.63, 3.8) is 0 Å². The minimum Gasteiger partial charge on any atom is -0.465 e. The zero-order chi connectivity index (χ0) is 18.2. The molecule has 26 heavy (non-hydrogen) atoms. The molecule has 1 aromatic heterocycles. The quantitative estimate of drug-likeness (QED) is 0.733. The van der Waals surface area contributed by atoms with E-state index < -0.39 is 0 Å². The number of rotatable bonds is 7.